The molecule has 0 fully saturated rings. The average Bonchev–Trinajstić information content (AvgIpc) is 2.80. The van der Waals surface area contributed by atoms with Gasteiger partial charge in [-0.05, 0) is 79.7 Å². The molecule has 0 saturated carbocycles. The Kier molecular flexibility index (Phi) is 4.84. The van der Waals surface area contributed by atoms with Crippen molar-refractivity contribution in [3.63, 3.8) is 0 Å². The summed E-state index contributed by atoms with van der Waals surface area (Å²) in [4.78, 5) is 4.80. The van der Waals surface area contributed by atoms with Crippen LogP contribution >= 0.6 is 0 Å². The molecular weight excluding hydrogens is 386 g/mol. The summed E-state index contributed by atoms with van der Waals surface area (Å²) in [6.07, 6.45) is 4.89. The summed E-state index contributed by atoms with van der Waals surface area (Å²) in [5.41, 5.74) is 4.75. The molecule has 152 valence electrons. The highest BCUT2D eigenvalue weighted by Gasteiger charge is 2.24. The van der Waals surface area contributed by atoms with Gasteiger partial charge in [-0.25, -0.2) is 10.0 Å². The third kappa shape index (κ3) is 3.98. The van der Waals surface area contributed by atoms with Gasteiger partial charge in [0.2, 0.25) is 0 Å². The van der Waals surface area contributed by atoms with Crippen LogP contribution in [0.3, 0.4) is 0 Å². The van der Waals surface area contributed by atoms with Gasteiger partial charge in [-0.2, -0.15) is 5.10 Å². The van der Waals surface area contributed by atoms with Gasteiger partial charge < -0.3 is 9.84 Å². The van der Waals surface area contributed by atoms with Crippen LogP contribution in [0.2, 0.25) is 0 Å². The molecule has 3 aromatic carbocycles. The molecule has 0 atom stereocenters. The summed E-state index contributed by atoms with van der Waals surface area (Å²) in [7, 11) is 0. The SMILES string of the molecule is CC1=NN2C(=CC1)N=C(c1ccc(O)cc1)C=C2c1ccc(Oc2ccccc2)cc1. The first-order valence-electron chi connectivity index (χ1n) is 10.1. The van der Waals surface area contributed by atoms with E-state index in [9.17, 15) is 5.11 Å². The Labute approximate surface area is 181 Å². The van der Waals surface area contributed by atoms with Crippen LogP contribution in [0.15, 0.2) is 107 Å². The molecule has 2 aliphatic heterocycles. The van der Waals surface area contributed by atoms with Gasteiger partial charge in [0.1, 0.15) is 17.2 Å². The number of phenols is 1. The molecule has 1 N–H and O–H groups in total. The number of para-hydroxylation sites is 1. The fourth-order valence-corrected chi connectivity index (χ4v) is 3.51. The zero-order valence-corrected chi connectivity index (χ0v) is 17.1. The number of hydrogen-bond donors (Lipinski definition) is 1. The van der Waals surface area contributed by atoms with E-state index in [0.717, 1.165) is 52.0 Å². The number of aromatic hydroxyl groups is 1. The van der Waals surface area contributed by atoms with Crippen molar-refractivity contribution in [3.05, 3.63) is 108 Å². The normalized spacial score (nSPS) is 15.3. The van der Waals surface area contributed by atoms with Crippen LogP contribution in [-0.4, -0.2) is 21.5 Å². The van der Waals surface area contributed by atoms with Crippen LogP contribution in [0.5, 0.6) is 17.2 Å². The van der Waals surface area contributed by atoms with Gasteiger partial charge in [-0.1, -0.05) is 18.2 Å². The molecule has 0 bridgehead atoms. The summed E-state index contributed by atoms with van der Waals surface area (Å²) >= 11 is 0. The molecule has 2 heterocycles. The lowest BCUT2D eigenvalue weighted by Crippen LogP contribution is -2.24. The predicted octanol–water partition coefficient (Wildman–Crippen LogP) is 5.95. The number of aliphatic imine (C=N–C) groups is 1. The lowest BCUT2D eigenvalue weighted by atomic mass is 10.0. The number of phenolic OH excluding ortho intramolecular Hbond substituents is 1. The van der Waals surface area contributed by atoms with Crippen molar-refractivity contribution in [1.29, 1.82) is 0 Å². The van der Waals surface area contributed by atoms with E-state index < -0.39 is 0 Å². The summed E-state index contributed by atoms with van der Waals surface area (Å²) in [5, 5.41) is 16.2. The van der Waals surface area contributed by atoms with Crippen LogP contribution < -0.4 is 4.74 Å². The van der Waals surface area contributed by atoms with Gasteiger partial charge in [-0.15, -0.1) is 0 Å². The predicted molar refractivity (Wildman–Crippen MR) is 123 cm³/mol. The minimum atomic E-state index is 0.233. The van der Waals surface area contributed by atoms with Gasteiger partial charge in [0.25, 0.3) is 0 Å². The zero-order valence-electron chi connectivity index (χ0n) is 17.1. The molecular formula is C26H21N3O2. The van der Waals surface area contributed by atoms with Gasteiger partial charge in [0, 0.05) is 23.3 Å². The lowest BCUT2D eigenvalue weighted by molar-refractivity contribution is 0.475. The van der Waals surface area contributed by atoms with Crippen molar-refractivity contribution in [2.45, 2.75) is 13.3 Å². The quantitative estimate of drug-likeness (QED) is 0.581. The minimum absolute atomic E-state index is 0.233. The molecule has 5 heteroatoms. The van der Waals surface area contributed by atoms with Crippen molar-refractivity contribution >= 4 is 17.1 Å². The van der Waals surface area contributed by atoms with E-state index in [1.807, 2.05) is 84.7 Å². The molecule has 31 heavy (non-hydrogen) atoms. The van der Waals surface area contributed by atoms with Crippen LogP contribution in [-0.2, 0) is 0 Å². The van der Waals surface area contributed by atoms with Gasteiger partial charge in [0.15, 0.2) is 5.82 Å². The molecule has 0 saturated heterocycles. The molecule has 5 rings (SSSR count). The average molecular weight is 407 g/mol. The molecule has 0 aromatic heterocycles. The maximum atomic E-state index is 9.63. The molecule has 0 spiro atoms. The number of fused-ring (bicyclic) bond motifs is 1. The van der Waals surface area contributed by atoms with Crippen molar-refractivity contribution < 1.29 is 9.84 Å². The molecule has 0 amide bonds. The fraction of sp³-hybridized carbons (Fsp3) is 0.0769. The second kappa shape index (κ2) is 7.95. The molecule has 3 aromatic rings. The third-order valence-electron chi connectivity index (χ3n) is 5.10. The lowest BCUT2D eigenvalue weighted by Gasteiger charge is -2.30. The molecule has 0 aliphatic carbocycles. The highest BCUT2D eigenvalue weighted by Crippen LogP contribution is 2.33. The summed E-state index contributed by atoms with van der Waals surface area (Å²) in [6, 6.07) is 24.8. The Balaban J connectivity index is 1.50. The third-order valence-corrected chi connectivity index (χ3v) is 5.10. The Bertz CT molecular complexity index is 1220. The van der Waals surface area contributed by atoms with E-state index in [2.05, 4.69) is 6.08 Å². The second-order valence-electron chi connectivity index (χ2n) is 7.43. The highest BCUT2D eigenvalue weighted by molar-refractivity contribution is 6.13. The van der Waals surface area contributed by atoms with E-state index in [-0.39, 0.29) is 5.75 Å². The van der Waals surface area contributed by atoms with Gasteiger partial charge >= 0.3 is 0 Å². The molecule has 0 radical (unpaired) electrons. The Morgan fingerprint density at radius 3 is 2.26 bits per heavy atom. The van der Waals surface area contributed by atoms with Crippen molar-refractivity contribution in [2.24, 2.45) is 10.1 Å². The Morgan fingerprint density at radius 2 is 1.52 bits per heavy atom. The van der Waals surface area contributed by atoms with Crippen LogP contribution in [0.1, 0.15) is 24.5 Å². The minimum Gasteiger partial charge on any atom is -0.508 e. The summed E-state index contributed by atoms with van der Waals surface area (Å²) in [5.74, 6) is 2.61. The number of nitrogens with zero attached hydrogens (tertiary/aromatic N) is 3. The highest BCUT2D eigenvalue weighted by atomic mass is 16.5. The summed E-state index contributed by atoms with van der Waals surface area (Å²) in [6.45, 7) is 2.01. The number of hydrogen-bond acceptors (Lipinski definition) is 5. The van der Waals surface area contributed by atoms with Crippen LogP contribution in [0.4, 0.5) is 0 Å². The maximum absolute atomic E-state index is 9.63. The second-order valence-corrected chi connectivity index (χ2v) is 7.43. The van der Waals surface area contributed by atoms with E-state index >= 15 is 0 Å². The largest absolute Gasteiger partial charge is 0.508 e. The maximum Gasteiger partial charge on any atom is 0.151 e. The number of ether oxygens (including phenoxy) is 1. The smallest absolute Gasteiger partial charge is 0.151 e. The Hall–Kier alpha value is -4.12. The number of allylic oxidation sites excluding steroid dienone is 2. The summed E-state index contributed by atoms with van der Waals surface area (Å²) < 4.78 is 5.93. The first kappa shape index (κ1) is 18.9. The molecule has 2 aliphatic rings. The first-order valence-corrected chi connectivity index (χ1v) is 10.1. The van der Waals surface area contributed by atoms with Gasteiger partial charge in [-0.3, -0.25) is 0 Å². The molecule has 5 nitrogen and oxygen atoms in total. The standard InChI is InChI=1S/C26H21N3O2/c1-18-7-16-26-27-24(19-8-12-21(30)13-9-19)17-25(29(26)28-18)20-10-14-23(15-11-20)31-22-5-3-2-4-6-22/h2-6,8-17,30H,7H2,1H3. The van der Waals surface area contributed by atoms with E-state index in [0.29, 0.717) is 0 Å². The van der Waals surface area contributed by atoms with E-state index in [4.69, 9.17) is 14.8 Å². The van der Waals surface area contributed by atoms with E-state index in [1.165, 1.54) is 0 Å². The van der Waals surface area contributed by atoms with Crippen molar-refractivity contribution in [3.8, 4) is 17.2 Å². The Morgan fingerprint density at radius 1 is 0.839 bits per heavy atom. The van der Waals surface area contributed by atoms with Crippen molar-refractivity contribution in [2.75, 3.05) is 0 Å². The van der Waals surface area contributed by atoms with E-state index in [1.54, 1.807) is 12.1 Å². The number of benzene rings is 3. The molecule has 0 unspecified atom stereocenters. The van der Waals surface area contributed by atoms with Gasteiger partial charge in [0.05, 0.1) is 11.4 Å². The fourth-order valence-electron chi connectivity index (χ4n) is 3.51. The number of hydrazone groups is 1. The van der Waals surface area contributed by atoms with Crippen LogP contribution in [0.25, 0.3) is 5.70 Å². The number of rotatable bonds is 4. The first-order chi connectivity index (χ1) is 15.2. The monoisotopic (exact) mass is 407 g/mol. The van der Waals surface area contributed by atoms with Crippen molar-refractivity contribution in [1.82, 2.24) is 5.01 Å². The topological polar surface area (TPSA) is 57.4 Å². The van der Waals surface area contributed by atoms with Crippen LogP contribution in [0, 0.1) is 0 Å². The zero-order chi connectivity index (χ0) is 21.2.